The van der Waals surface area contributed by atoms with E-state index in [1.54, 1.807) is 36.7 Å². The topological polar surface area (TPSA) is 117 Å². The fraction of sp³-hybridized carbons (Fsp3) is 0.269. The predicted octanol–water partition coefficient (Wildman–Crippen LogP) is 4.04. The third-order valence-electron chi connectivity index (χ3n) is 6.50. The van der Waals surface area contributed by atoms with Gasteiger partial charge < -0.3 is 15.8 Å². The predicted molar refractivity (Wildman–Crippen MR) is 137 cm³/mol. The van der Waals surface area contributed by atoms with Crippen molar-refractivity contribution >= 4 is 39.3 Å². The number of oxime groups is 1. The van der Waals surface area contributed by atoms with E-state index in [0.717, 1.165) is 54.0 Å². The summed E-state index contributed by atoms with van der Waals surface area (Å²) in [6.07, 6.45) is 10.3. The van der Waals surface area contributed by atoms with Crippen molar-refractivity contribution in [3.05, 3.63) is 77.1 Å². The number of fused-ring (bicyclic) bond motifs is 1. The van der Waals surface area contributed by atoms with Crippen molar-refractivity contribution in [1.82, 2.24) is 15.3 Å². The number of sulfone groups is 1. The van der Waals surface area contributed by atoms with Gasteiger partial charge in [-0.25, -0.2) is 18.4 Å². The highest BCUT2D eigenvalue weighted by Crippen LogP contribution is 2.26. The van der Waals surface area contributed by atoms with E-state index in [2.05, 4.69) is 31.8 Å². The second kappa shape index (κ2) is 9.97. The summed E-state index contributed by atoms with van der Waals surface area (Å²) >= 11 is 0. The van der Waals surface area contributed by atoms with Crippen molar-refractivity contribution in [1.29, 1.82) is 0 Å². The Balaban J connectivity index is 1.22. The summed E-state index contributed by atoms with van der Waals surface area (Å²) < 4.78 is 25.7. The Bertz CT molecular complexity index is 1360. The second-order valence-corrected chi connectivity index (χ2v) is 11.0. The van der Waals surface area contributed by atoms with Crippen LogP contribution in [0.4, 0.5) is 11.6 Å². The number of hydrogen-bond donors (Lipinski definition) is 3. The SMILES string of the molecule is O=S(=O)(c1ccc(Nc2ncc(/C=C/c3ccc4c(c3)CC/C4=N\O)cn2)cc1)C1CCNCC1. The minimum atomic E-state index is -3.32. The highest BCUT2D eigenvalue weighted by atomic mass is 32.2. The Kier molecular flexibility index (Phi) is 6.61. The van der Waals surface area contributed by atoms with Gasteiger partial charge in [0, 0.05) is 29.2 Å². The summed E-state index contributed by atoms with van der Waals surface area (Å²) in [5.74, 6) is 0.435. The number of nitrogens with one attached hydrogen (secondary N) is 2. The molecule has 1 saturated heterocycles. The first-order valence-corrected chi connectivity index (χ1v) is 13.2. The third-order valence-corrected chi connectivity index (χ3v) is 8.77. The number of anilines is 2. The van der Waals surface area contributed by atoms with Crippen molar-refractivity contribution in [3.63, 3.8) is 0 Å². The van der Waals surface area contributed by atoms with Gasteiger partial charge in [0.15, 0.2) is 9.84 Å². The molecule has 0 radical (unpaired) electrons. The van der Waals surface area contributed by atoms with Crippen LogP contribution in [0.25, 0.3) is 12.2 Å². The van der Waals surface area contributed by atoms with Crippen LogP contribution in [0.5, 0.6) is 0 Å². The molecule has 1 fully saturated rings. The molecule has 1 aromatic heterocycles. The molecule has 3 N–H and O–H groups in total. The second-order valence-electron chi connectivity index (χ2n) is 8.78. The zero-order chi connectivity index (χ0) is 24.3. The lowest BCUT2D eigenvalue weighted by Gasteiger charge is -2.22. The molecule has 1 aliphatic heterocycles. The molecule has 2 heterocycles. The maximum Gasteiger partial charge on any atom is 0.227 e. The van der Waals surface area contributed by atoms with Crippen molar-refractivity contribution in [2.24, 2.45) is 5.16 Å². The van der Waals surface area contributed by atoms with Gasteiger partial charge in [0.05, 0.1) is 15.9 Å². The van der Waals surface area contributed by atoms with Crippen molar-refractivity contribution in [2.75, 3.05) is 18.4 Å². The molecule has 0 unspecified atom stereocenters. The van der Waals surface area contributed by atoms with E-state index < -0.39 is 9.84 Å². The molecule has 5 rings (SSSR count). The Labute approximate surface area is 204 Å². The first kappa shape index (κ1) is 23.2. The number of nitrogens with zero attached hydrogens (tertiary/aromatic N) is 3. The molecule has 2 aromatic carbocycles. The molecule has 1 aliphatic carbocycles. The van der Waals surface area contributed by atoms with Gasteiger partial charge >= 0.3 is 0 Å². The molecule has 8 nitrogen and oxygen atoms in total. The summed E-state index contributed by atoms with van der Waals surface area (Å²) in [7, 11) is -3.32. The van der Waals surface area contributed by atoms with Crippen molar-refractivity contribution < 1.29 is 13.6 Å². The maximum absolute atomic E-state index is 12.8. The molecule has 3 aromatic rings. The number of hydrogen-bond acceptors (Lipinski definition) is 8. The van der Waals surface area contributed by atoms with Crippen LogP contribution >= 0.6 is 0 Å². The van der Waals surface area contributed by atoms with Crippen molar-refractivity contribution in [3.8, 4) is 0 Å². The zero-order valence-corrected chi connectivity index (χ0v) is 20.0. The molecular weight excluding hydrogens is 462 g/mol. The van der Waals surface area contributed by atoms with E-state index in [0.29, 0.717) is 23.7 Å². The minimum absolute atomic E-state index is 0.324. The number of rotatable bonds is 6. The number of aryl methyl sites for hydroxylation is 1. The highest BCUT2D eigenvalue weighted by molar-refractivity contribution is 7.92. The van der Waals surface area contributed by atoms with Crippen LogP contribution in [0.2, 0.25) is 0 Å². The quantitative estimate of drug-likeness (QED) is 0.353. The number of aromatic nitrogens is 2. The normalized spacial score (nSPS) is 17.7. The molecule has 180 valence electrons. The van der Waals surface area contributed by atoms with Gasteiger partial charge in [-0.05, 0) is 74.2 Å². The summed E-state index contributed by atoms with van der Waals surface area (Å²) in [6, 6.07) is 12.9. The van der Waals surface area contributed by atoms with E-state index >= 15 is 0 Å². The molecule has 9 heteroatoms. The van der Waals surface area contributed by atoms with Crippen LogP contribution in [0.15, 0.2) is 64.9 Å². The lowest BCUT2D eigenvalue weighted by Crippen LogP contribution is -2.35. The van der Waals surface area contributed by atoms with Gasteiger partial charge in [0.1, 0.15) is 0 Å². The first-order chi connectivity index (χ1) is 17.0. The van der Waals surface area contributed by atoms with E-state index in [1.807, 2.05) is 24.3 Å². The van der Waals surface area contributed by atoms with Gasteiger partial charge in [0.25, 0.3) is 0 Å². The molecular formula is C26H27N5O3S. The zero-order valence-electron chi connectivity index (χ0n) is 19.2. The largest absolute Gasteiger partial charge is 0.411 e. The molecule has 2 aliphatic rings. The fourth-order valence-corrected chi connectivity index (χ4v) is 6.29. The van der Waals surface area contributed by atoms with Crippen LogP contribution in [-0.2, 0) is 16.3 Å². The van der Waals surface area contributed by atoms with Crippen LogP contribution in [0.1, 0.15) is 41.5 Å². The van der Waals surface area contributed by atoms with Crippen LogP contribution < -0.4 is 10.6 Å². The molecule has 0 bridgehead atoms. The van der Waals surface area contributed by atoms with Gasteiger partial charge in [-0.1, -0.05) is 35.5 Å². The lowest BCUT2D eigenvalue weighted by molar-refractivity contribution is 0.318. The number of benzene rings is 2. The summed E-state index contributed by atoms with van der Waals surface area (Å²) in [5.41, 5.74) is 5.58. The summed E-state index contributed by atoms with van der Waals surface area (Å²) in [4.78, 5) is 9.08. The van der Waals surface area contributed by atoms with E-state index in [1.165, 1.54) is 5.56 Å². The average Bonchev–Trinajstić information content (AvgIpc) is 3.31. The highest BCUT2D eigenvalue weighted by Gasteiger charge is 2.28. The monoisotopic (exact) mass is 489 g/mol. The van der Waals surface area contributed by atoms with E-state index in [4.69, 9.17) is 5.21 Å². The Morgan fingerprint density at radius 3 is 2.40 bits per heavy atom. The fourth-order valence-electron chi connectivity index (χ4n) is 4.53. The van der Waals surface area contributed by atoms with E-state index in [-0.39, 0.29) is 5.25 Å². The Hall–Kier alpha value is -3.56. The van der Waals surface area contributed by atoms with Crippen LogP contribution in [0.3, 0.4) is 0 Å². The number of piperidine rings is 1. The van der Waals surface area contributed by atoms with Gasteiger partial charge in [0.2, 0.25) is 5.95 Å². The minimum Gasteiger partial charge on any atom is -0.411 e. The third kappa shape index (κ3) is 5.11. The van der Waals surface area contributed by atoms with Crippen LogP contribution in [-0.4, -0.2) is 47.6 Å². The molecule has 0 spiro atoms. The summed E-state index contributed by atoms with van der Waals surface area (Å²) in [5, 5.41) is 18.4. The molecule has 0 atom stereocenters. The maximum atomic E-state index is 12.8. The average molecular weight is 490 g/mol. The molecule has 35 heavy (non-hydrogen) atoms. The van der Waals surface area contributed by atoms with E-state index in [9.17, 15) is 8.42 Å². The first-order valence-electron chi connectivity index (χ1n) is 11.7. The molecule has 0 amide bonds. The van der Waals surface area contributed by atoms with Crippen molar-refractivity contribution in [2.45, 2.75) is 35.8 Å². The standard InChI is InChI=1S/C26H27N5O3S/c32-31-25-10-4-20-15-18(3-9-24(20)25)1-2-19-16-28-26(29-17-19)30-21-5-7-22(8-6-21)35(33,34)23-11-13-27-14-12-23/h1-3,5-9,15-17,23,27,32H,4,10-14H2,(H,28,29,30)/b2-1+,31-25+. The van der Waals surface area contributed by atoms with Crippen LogP contribution in [0, 0.1) is 0 Å². The Morgan fingerprint density at radius 2 is 1.69 bits per heavy atom. The lowest BCUT2D eigenvalue weighted by atomic mass is 10.1. The van der Waals surface area contributed by atoms with Gasteiger partial charge in [-0.2, -0.15) is 0 Å². The van der Waals surface area contributed by atoms with Gasteiger partial charge in [-0.3, -0.25) is 0 Å². The molecule has 0 saturated carbocycles. The summed E-state index contributed by atoms with van der Waals surface area (Å²) in [6.45, 7) is 1.47. The Morgan fingerprint density at radius 1 is 0.971 bits per heavy atom. The van der Waals surface area contributed by atoms with Gasteiger partial charge in [-0.15, -0.1) is 0 Å². The smallest absolute Gasteiger partial charge is 0.227 e.